The van der Waals surface area contributed by atoms with Crippen LogP contribution in [0.3, 0.4) is 0 Å². The number of likely N-dealkylation sites (tertiary alicyclic amines) is 1. The van der Waals surface area contributed by atoms with Crippen LogP contribution in [0.25, 0.3) is 5.76 Å². The van der Waals surface area contributed by atoms with E-state index < -0.39 is 35.3 Å². The molecule has 176 valence electrons. The number of aromatic amines is 1. The number of ether oxygens (including phenoxy) is 1. The number of rotatable bonds is 7. The van der Waals surface area contributed by atoms with Gasteiger partial charge in [-0.05, 0) is 58.1 Å². The number of aliphatic hydroxyl groups is 1. The van der Waals surface area contributed by atoms with Crippen molar-refractivity contribution in [3.05, 3.63) is 63.7 Å². The number of H-pyrrole nitrogens is 1. The van der Waals surface area contributed by atoms with Crippen molar-refractivity contribution in [1.29, 1.82) is 0 Å². The molecule has 0 aliphatic carbocycles. The maximum atomic E-state index is 13.6. The molecule has 2 aromatic rings. The first-order chi connectivity index (χ1) is 15.6. The van der Waals surface area contributed by atoms with E-state index in [2.05, 4.69) is 4.98 Å². The second-order valence-corrected chi connectivity index (χ2v) is 8.19. The van der Waals surface area contributed by atoms with Crippen molar-refractivity contribution in [1.82, 2.24) is 14.8 Å². The molecule has 8 nitrogen and oxygen atoms in total. The van der Waals surface area contributed by atoms with Crippen molar-refractivity contribution in [3.63, 3.8) is 0 Å². The van der Waals surface area contributed by atoms with Crippen LogP contribution >= 0.6 is 0 Å². The van der Waals surface area contributed by atoms with E-state index in [9.17, 15) is 23.9 Å². The van der Waals surface area contributed by atoms with Crippen LogP contribution in [0.1, 0.15) is 45.8 Å². The highest BCUT2D eigenvalue weighted by molar-refractivity contribution is 6.46. The number of ketones is 1. The number of esters is 1. The van der Waals surface area contributed by atoms with Gasteiger partial charge in [0.05, 0.1) is 18.2 Å². The van der Waals surface area contributed by atoms with Gasteiger partial charge in [-0.3, -0.25) is 9.59 Å². The Balaban J connectivity index is 2.19. The second-order valence-electron chi connectivity index (χ2n) is 8.19. The van der Waals surface area contributed by atoms with Crippen LogP contribution in [0.15, 0.2) is 29.8 Å². The lowest BCUT2D eigenvalue weighted by Gasteiger charge is -2.26. The van der Waals surface area contributed by atoms with Gasteiger partial charge in [-0.25, -0.2) is 9.18 Å². The predicted molar refractivity (Wildman–Crippen MR) is 120 cm³/mol. The fourth-order valence-electron chi connectivity index (χ4n) is 4.06. The molecule has 1 amide bonds. The molecule has 1 fully saturated rings. The van der Waals surface area contributed by atoms with Crippen LogP contribution in [0.5, 0.6) is 0 Å². The summed E-state index contributed by atoms with van der Waals surface area (Å²) in [5.74, 6) is -3.02. The van der Waals surface area contributed by atoms with Gasteiger partial charge in [0.2, 0.25) is 0 Å². The summed E-state index contributed by atoms with van der Waals surface area (Å²) in [6.45, 7) is 5.86. The molecule has 2 N–H and O–H groups in total. The molecule has 1 aliphatic rings. The number of Topliss-reactive ketones (excluding diaryl/α,β-unsaturated/α-hetero) is 1. The molecule has 0 radical (unpaired) electrons. The molecule has 9 heteroatoms. The number of amides is 1. The maximum absolute atomic E-state index is 13.6. The van der Waals surface area contributed by atoms with Crippen molar-refractivity contribution >= 4 is 23.4 Å². The minimum Gasteiger partial charge on any atom is -0.507 e. The lowest BCUT2D eigenvalue weighted by Crippen LogP contribution is -2.35. The highest BCUT2D eigenvalue weighted by Crippen LogP contribution is 2.40. The van der Waals surface area contributed by atoms with Crippen molar-refractivity contribution in [3.8, 4) is 0 Å². The monoisotopic (exact) mass is 457 g/mol. The summed E-state index contributed by atoms with van der Waals surface area (Å²) in [4.78, 5) is 44.5. The Hall–Kier alpha value is -3.46. The van der Waals surface area contributed by atoms with Crippen LogP contribution < -0.4 is 0 Å². The lowest BCUT2D eigenvalue weighted by atomic mass is 9.94. The predicted octanol–water partition coefficient (Wildman–Crippen LogP) is 2.93. The molecule has 2 heterocycles. The molecule has 1 saturated heterocycles. The molecule has 1 aromatic heterocycles. The van der Waals surface area contributed by atoms with E-state index in [-0.39, 0.29) is 30.0 Å². The minimum atomic E-state index is -0.898. The summed E-state index contributed by atoms with van der Waals surface area (Å²) in [7, 11) is 3.68. The topological polar surface area (TPSA) is 103 Å². The van der Waals surface area contributed by atoms with Crippen molar-refractivity contribution < 1.29 is 28.6 Å². The number of hydrogen-bond acceptors (Lipinski definition) is 6. The van der Waals surface area contributed by atoms with Gasteiger partial charge in [-0.1, -0.05) is 12.1 Å². The Kier molecular flexibility index (Phi) is 7.02. The standard InChI is InChI=1S/C24H28FN3O5/c1-6-33-24(32)19-13(2)17(14(3)26-19)21(29)18-20(15-7-9-16(25)10-8-15)28(12-11-27(4)5)23(31)22(18)30/h7-10,20,26,29H,6,11-12H2,1-5H3/b21-18+/t20-/m0/s1. The third kappa shape index (κ3) is 4.54. The number of nitrogens with zero attached hydrogens (tertiary/aromatic N) is 2. The third-order valence-corrected chi connectivity index (χ3v) is 5.67. The number of nitrogens with one attached hydrogen (secondary N) is 1. The number of aliphatic hydroxyl groups excluding tert-OH is 1. The van der Waals surface area contributed by atoms with Gasteiger partial charge in [0.1, 0.15) is 17.3 Å². The Morgan fingerprint density at radius 2 is 1.85 bits per heavy atom. The SMILES string of the molecule is CCOC(=O)c1[nH]c(C)c(/C(O)=C2\C(=O)C(=O)N(CCN(C)C)[C@H]2c2ccc(F)cc2)c1C. The van der Waals surface area contributed by atoms with Crippen LogP contribution in [-0.4, -0.2) is 71.3 Å². The summed E-state index contributed by atoms with van der Waals surface area (Å²) in [5, 5.41) is 11.3. The highest BCUT2D eigenvalue weighted by Gasteiger charge is 2.46. The Labute approximate surface area is 191 Å². The first kappa shape index (κ1) is 24.2. The second kappa shape index (κ2) is 9.58. The van der Waals surface area contributed by atoms with E-state index in [0.29, 0.717) is 23.4 Å². The summed E-state index contributed by atoms with van der Waals surface area (Å²) in [6.07, 6.45) is 0. The van der Waals surface area contributed by atoms with Gasteiger partial charge < -0.3 is 24.6 Å². The summed E-state index contributed by atoms with van der Waals surface area (Å²) >= 11 is 0. The van der Waals surface area contributed by atoms with Crippen molar-refractivity contribution in [2.45, 2.75) is 26.8 Å². The maximum Gasteiger partial charge on any atom is 0.355 e. The Bertz CT molecular complexity index is 1120. The molecule has 1 aliphatic heterocycles. The van der Waals surface area contributed by atoms with Gasteiger partial charge in [0, 0.05) is 24.3 Å². The minimum absolute atomic E-state index is 0.106. The Morgan fingerprint density at radius 1 is 1.21 bits per heavy atom. The smallest absolute Gasteiger partial charge is 0.355 e. The number of carbonyl (C=O) groups is 3. The van der Waals surface area contributed by atoms with Crippen LogP contribution in [0.2, 0.25) is 0 Å². The number of likely N-dealkylation sites (N-methyl/N-ethyl adjacent to an activating group) is 1. The first-order valence-corrected chi connectivity index (χ1v) is 10.6. The van der Waals surface area contributed by atoms with Crippen molar-refractivity contribution in [2.24, 2.45) is 0 Å². The normalized spacial score (nSPS) is 17.8. The molecule has 1 atom stereocenters. The number of benzene rings is 1. The number of aromatic nitrogens is 1. The zero-order valence-corrected chi connectivity index (χ0v) is 19.4. The molecule has 0 bridgehead atoms. The fraction of sp³-hybridized carbons (Fsp3) is 0.375. The van der Waals surface area contributed by atoms with Gasteiger partial charge in [0.25, 0.3) is 11.7 Å². The molecule has 33 heavy (non-hydrogen) atoms. The zero-order chi connectivity index (χ0) is 24.4. The molecule has 3 rings (SSSR count). The number of halogens is 1. The molecule has 1 aromatic carbocycles. The van der Waals surface area contributed by atoms with E-state index in [0.717, 1.165) is 0 Å². The first-order valence-electron chi connectivity index (χ1n) is 10.6. The van der Waals surface area contributed by atoms with Crippen molar-refractivity contribution in [2.75, 3.05) is 33.8 Å². The number of aryl methyl sites for hydroxylation is 1. The largest absolute Gasteiger partial charge is 0.507 e. The van der Waals surface area contributed by atoms with E-state index in [1.54, 1.807) is 20.8 Å². The van der Waals surface area contributed by atoms with Gasteiger partial charge in [-0.15, -0.1) is 0 Å². The number of carbonyl (C=O) groups excluding carboxylic acids is 3. The molecular formula is C24H28FN3O5. The van der Waals surface area contributed by atoms with Crippen LogP contribution in [-0.2, 0) is 14.3 Å². The van der Waals surface area contributed by atoms with E-state index in [1.807, 2.05) is 19.0 Å². The van der Waals surface area contributed by atoms with Crippen LogP contribution in [0.4, 0.5) is 4.39 Å². The number of hydrogen-bond donors (Lipinski definition) is 2. The molecule has 0 saturated carbocycles. The Morgan fingerprint density at radius 3 is 2.42 bits per heavy atom. The van der Waals surface area contributed by atoms with E-state index in [4.69, 9.17) is 4.74 Å². The summed E-state index contributed by atoms with van der Waals surface area (Å²) in [5.41, 5.74) is 1.66. The highest BCUT2D eigenvalue weighted by atomic mass is 19.1. The van der Waals surface area contributed by atoms with E-state index >= 15 is 0 Å². The van der Waals surface area contributed by atoms with Gasteiger partial charge in [0.15, 0.2) is 0 Å². The fourth-order valence-corrected chi connectivity index (χ4v) is 4.06. The summed E-state index contributed by atoms with van der Waals surface area (Å²) < 4.78 is 18.6. The van der Waals surface area contributed by atoms with Gasteiger partial charge >= 0.3 is 5.97 Å². The zero-order valence-electron chi connectivity index (χ0n) is 19.4. The molecule has 0 unspecified atom stereocenters. The molecule has 0 spiro atoms. The van der Waals surface area contributed by atoms with E-state index in [1.165, 1.54) is 29.2 Å². The average Bonchev–Trinajstić information content (AvgIpc) is 3.19. The van der Waals surface area contributed by atoms with Crippen LogP contribution in [0, 0.1) is 19.7 Å². The third-order valence-electron chi connectivity index (χ3n) is 5.67. The quantitative estimate of drug-likeness (QED) is 0.287. The van der Waals surface area contributed by atoms with Gasteiger partial charge in [-0.2, -0.15) is 0 Å². The summed E-state index contributed by atoms with van der Waals surface area (Å²) in [6, 6.07) is 4.57. The molecular weight excluding hydrogens is 429 g/mol. The average molecular weight is 458 g/mol. The lowest BCUT2D eigenvalue weighted by molar-refractivity contribution is -0.140.